The van der Waals surface area contributed by atoms with Crippen LogP contribution in [-0.4, -0.2) is 9.97 Å². The third kappa shape index (κ3) is 2.69. The van der Waals surface area contributed by atoms with Gasteiger partial charge in [0.1, 0.15) is 10.0 Å². The van der Waals surface area contributed by atoms with E-state index in [1.165, 1.54) is 19.2 Å². The molecule has 0 saturated carbocycles. The zero-order chi connectivity index (χ0) is 16.3. The Balaban J connectivity index is 1.64. The molecule has 0 spiro atoms. The van der Waals surface area contributed by atoms with Gasteiger partial charge in [-0.25, -0.2) is 9.97 Å². The molecule has 0 amide bonds. The average molecular weight is 514 g/mol. The maximum Gasteiger partial charge on any atom is 0.134 e. The minimum Gasteiger partial charge on any atom is -0.235 e. The van der Waals surface area contributed by atoms with E-state index in [4.69, 9.17) is 9.97 Å². The average Bonchev–Trinajstić information content (AvgIpc) is 3.29. The van der Waals surface area contributed by atoms with Crippen LogP contribution in [0.15, 0.2) is 44.0 Å². The Morgan fingerprint density at radius 1 is 0.625 bits per heavy atom. The molecular formula is C16H6Br2N2S4. The van der Waals surface area contributed by atoms with E-state index in [1.807, 2.05) is 0 Å². The van der Waals surface area contributed by atoms with Crippen LogP contribution >= 0.6 is 77.2 Å². The summed E-state index contributed by atoms with van der Waals surface area (Å²) in [5, 5.41) is 2.14. The second kappa shape index (κ2) is 5.96. The van der Waals surface area contributed by atoms with Crippen molar-refractivity contribution in [3.05, 3.63) is 44.0 Å². The van der Waals surface area contributed by atoms with Gasteiger partial charge in [-0.3, -0.25) is 0 Å². The van der Waals surface area contributed by atoms with Gasteiger partial charge >= 0.3 is 0 Å². The summed E-state index contributed by atoms with van der Waals surface area (Å²) in [6.07, 6.45) is 0. The van der Waals surface area contributed by atoms with Crippen molar-refractivity contribution in [3.8, 4) is 19.8 Å². The van der Waals surface area contributed by atoms with E-state index in [2.05, 4.69) is 68.3 Å². The minimum absolute atomic E-state index is 1.05. The molecule has 1 aromatic carbocycles. The Morgan fingerprint density at radius 3 is 1.46 bits per heavy atom. The molecule has 0 unspecified atom stereocenters. The van der Waals surface area contributed by atoms with Gasteiger partial charge in [0.25, 0.3) is 0 Å². The van der Waals surface area contributed by atoms with Crippen molar-refractivity contribution in [3.63, 3.8) is 0 Å². The van der Waals surface area contributed by atoms with Gasteiger partial charge in [-0.05, 0) is 68.3 Å². The molecule has 5 rings (SSSR count). The van der Waals surface area contributed by atoms with E-state index in [9.17, 15) is 0 Å². The van der Waals surface area contributed by atoms with Crippen molar-refractivity contribution in [1.29, 1.82) is 0 Å². The Bertz CT molecular complexity index is 1060. The summed E-state index contributed by atoms with van der Waals surface area (Å²) in [4.78, 5) is 12.0. The lowest BCUT2D eigenvalue weighted by Crippen LogP contribution is -1.71. The first kappa shape index (κ1) is 15.6. The number of benzene rings is 1. The number of nitrogens with zero attached hydrogens (tertiary/aromatic N) is 2. The fourth-order valence-corrected chi connectivity index (χ4v) is 7.26. The smallest absolute Gasteiger partial charge is 0.134 e. The second-order valence-electron chi connectivity index (χ2n) is 5.03. The molecule has 0 atom stereocenters. The molecule has 0 aliphatic carbocycles. The van der Waals surface area contributed by atoms with Gasteiger partial charge in [-0.2, -0.15) is 0 Å². The van der Waals surface area contributed by atoms with Crippen molar-refractivity contribution in [2.45, 2.75) is 0 Å². The van der Waals surface area contributed by atoms with Crippen molar-refractivity contribution in [1.82, 2.24) is 9.97 Å². The molecule has 2 nitrogen and oxygen atoms in total. The molecule has 24 heavy (non-hydrogen) atoms. The summed E-state index contributed by atoms with van der Waals surface area (Å²) in [7, 11) is 0. The highest BCUT2D eigenvalue weighted by molar-refractivity contribution is 9.11. The number of hydrogen-bond donors (Lipinski definition) is 0. The minimum atomic E-state index is 1.05. The van der Waals surface area contributed by atoms with Gasteiger partial charge < -0.3 is 0 Å². The van der Waals surface area contributed by atoms with Gasteiger partial charge in [-0.15, -0.1) is 45.3 Å². The van der Waals surface area contributed by atoms with Crippen LogP contribution in [-0.2, 0) is 0 Å². The van der Waals surface area contributed by atoms with Gasteiger partial charge in [0.15, 0.2) is 0 Å². The number of thiophene rings is 2. The maximum atomic E-state index is 4.81. The normalized spacial score (nSPS) is 11.8. The Hall–Kier alpha value is -0.640. The topological polar surface area (TPSA) is 25.8 Å². The Kier molecular flexibility index (Phi) is 3.88. The van der Waals surface area contributed by atoms with Crippen molar-refractivity contribution in [2.75, 3.05) is 0 Å². The predicted octanol–water partition coefficient (Wildman–Crippen LogP) is 7.89. The van der Waals surface area contributed by atoms with Gasteiger partial charge in [0.2, 0.25) is 0 Å². The molecule has 5 aromatic rings. The summed E-state index contributed by atoms with van der Waals surface area (Å²) in [5.74, 6) is 0. The SMILES string of the molecule is Brc1ccc(-c2nc3cc4sc(-c5ccc(Br)s5)nc4cc3s2)s1. The van der Waals surface area contributed by atoms with Crippen LogP contribution in [0.25, 0.3) is 40.2 Å². The van der Waals surface area contributed by atoms with Crippen LogP contribution in [0.4, 0.5) is 0 Å². The highest BCUT2D eigenvalue weighted by atomic mass is 79.9. The molecule has 0 aliphatic heterocycles. The van der Waals surface area contributed by atoms with Crippen LogP contribution in [0, 0.1) is 0 Å². The van der Waals surface area contributed by atoms with Crippen LogP contribution in [0.5, 0.6) is 0 Å². The molecule has 0 bridgehead atoms. The lowest BCUT2D eigenvalue weighted by atomic mass is 10.3. The molecule has 4 heterocycles. The molecule has 0 aliphatic rings. The highest BCUT2D eigenvalue weighted by Gasteiger charge is 2.13. The zero-order valence-electron chi connectivity index (χ0n) is 11.7. The van der Waals surface area contributed by atoms with Gasteiger partial charge in [0, 0.05) is 0 Å². The summed E-state index contributed by atoms with van der Waals surface area (Å²) in [5.41, 5.74) is 2.10. The predicted molar refractivity (Wildman–Crippen MR) is 115 cm³/mol. The van der Waals surface area contributed by atoms with E-state index in [0.717, 1.165) is 28.6 Å². The molecule has 8 heteroatoms. The summed E-state index contributed by atoms with van der Waals surface area (Å²) < 4.78 is 4.63. The first-order valence-electron chi connectivity index (χ1n) is 6.88. The largest absolute Gasteiger partial charge is 0.235 e. The first-order chi connectivity index (χ1) is 11.7. The summed E-state index contributed by atoms with van der Waals surface area (Å²) >= 11 is 13.9. The van der Waals surface area contributed by atoms with E-state index in [0.29, 0.717) is 0 Å². The van der Waals surface area contributed by atoms with Crippen LogP contribution in [0.3, 0.4) is 0 Å². The van der Waals surface area contributed by atoms with Crippen molar-refractivity contribution in [2.24, 2.45) is 0 Å². The number of aromatic nitrogens is 2. The number of rotatable bonds is 2. The second-order valence-corrected chi connectivity index (χ2v) is 12.0. The molecule has 0 radical (unpaired) electrons. The quantitative estimate of drug-likeness (QED) is 0.240. The lowest BCUT2D eigenvalue weighted by molar-refractivity contribution is 1.49. The van der Waals surface area contributed by atoms with Gasteiger partial charge in [0.05, 0.1) is 37.8 Å². The maximum absolute atomic E-state index is 4.81. The van der Waals surface area contributed by atoms with Crippen molar-refractivity contribution >= 4 is 97.6 Å². The fourth-order valence-electron chi connectivity index (χ4n) is 2.42. The molecule has 4 aromatic heterocycles. The third-order valence-electron chi connectivity index (χ3n) is 3.47. The Labute approximate surface area is 170 Å². The van der Waals surface area contributed by atoms with E-state index >= 15 is 0 Å². The number of hydrogen-bond acceptors (Lipinski definition) is 6. The molecule has 118 valence electrons. The fraction of sp³-hybridized carbons (Fsp3) is 0. The van der Waals surface area contributed by atoms with Crippen LogP contribution in [0.2, 0.25) is 0 Å². The molecule has 0 saturated heterocycles. The van der Waals surface area contributed by atoms with E-state index in [1.54, 1.807) is 45.3 Å². The van der Waals surface area contributed by atoms with E-state index < -0.39 is 0 Å². The number of thiazole rings is 2. The first-order valence-corrected chi connectivity index (χ1v) is 11.7. The zero-order valence-corrected chi connectivity index (χ0v) is 18.2. The van der Waals surface area contributed by atoms with E-state index in [-0.39, 0.29) is 0 Å². The third-order valence-corrected chi connectivity index (χ3v) is 9.09. The van der Waals surface area contributed by atoms with Gasteiger partial charge in [-0.1, -0.05) is 0 Å². The molecular weight excluding hydrogens is 508 g/mol. The number of fused-ring (bicyclic) bond motifs is 2. The standard InChI is InChI=1S/C16H6Br2N2S4/c17-13-3-1-9(21-13)15-19-7-5-12-8(6-11(7)23-15)20-16(24-12)10-2-4-14(18)22-10/h1-6H. The van der Waals surface area contributed by atoms with Crippen LogP contribution in [0.1, 0.15) is 0 Å². The van der Waals surface area contributed by atoms with Crippen LogP contribution < -0.4 is 0 Å². The molecule has 0 fully saturated rings. The summed E-state index contributed by atoms with van der Waals surface area (Å²) in [6, 6.07) is 12.7. The summed E-state index contributed by atoms with van der Waals surface area (Å²) in [6.45, 7) is 0. The van der Waals surface area contributed by atoms with Crippen molar-refractivity contribution < 1.29 is 0 Å². The molecule has 0 N–H and O–H groups in total. The number of halogens is 2. The Morgan fingerprint density at radius 2 is 1.08 bits per heavy atom. The highest BCUT2D eigenvalue weighted by Crippen LogP contribution is 2.40. The lowest BCUT2D eigenvalue weighted by Gasteiger charge is -1.86. The monoisotopic (exact) mass is 512 g/mol.